The smallest absolute Gasteiger partial charge is 0.129 e. The summed E-state index contributed by atoms with van der Waals surface area (Å²) in [6, 6.07) is 3.88. The SMILES string of the molecule is Cc1cc(C(N)=S)cc(N2CC3CCC(O)C3C2)n1. The Morgan fingerprint density at radius 2 is 2.21 bits per heavy atom. The maximum absolute atomic E-state index is 9.97. The number of fused-ring (bicyclic) bond motifs is 1. The van der Waals surface area contributed by atoms with Crippen molar-refractivity contribution in [2.24, 2.45) is 17.6 Å². The Morgan fingerprint density at radius 1 is 1.42 bits per heavy atom. The Bertz CT molecular complexity index is 519. The van der Waals surface area contributed by atoms with Crippen molar-refractivity contribution >= 4 is 23.0 Å². The number of hydrogen-bond acceptors (Lipinski definition) is 4. The monoisotopic (exact) mass is 277 g/mol. The molecular weight excluding hydrogens is 258 g/mol. The molecule has 19 heavy (non-hydrogen) atoms. The quantitative estimate of drug-likeness (QED) is 0.796. The van der Waals surface area contributed by atoms with E-state index in [1.165, 1.54) is 0 Å². The molecule has 4 nitrogen and oxygen atoms in total. The predicted molar refractivity (Wildman–Crippen MR) is 79.3 cm³/mol. The molecular formula is C14H19N3OS. The second-order valence-electron chi connectivity index (χ2n) is 5.69. The molecule has 5 heteroatoms. The van der Waals surface area contributed by atoms with Crippen LogP contribution >= 0.6 is 12.2 Å². The minimum atomic E-state index is -0.144. The standard InChI is InChI=1S/C14H19N3OS/c1-8-4-10(14(15)19)5-13(16-8)17-6-9-2-3-12(18)11(9)7-17/h4-5,9,11-12,18H,2-3,6-7H2,1H3,(H2,15,19). The lowest BCUT2D eigenvalue weighted by Crippen LogP contribution is -2.25. The van der Waals surface area contributed by atoms with E-state index in [1.807, 2.05) is 19.1 Å². The van der Waals surface area contributed by atoms with Crippen molar-refractivity contribution in [1.29, 1.82) is 0 Å². The van der Waals surface area contributed by atoms with Gasteiger partial charge in [0.05, 0.1) is 6.10 Å². The van der Waals surface area contributed by atoms with Crippen LogP contribution in [0.3, 0.4) is 0 Å². The van der Waals surface area contributed by atoms with Crippen LogP contribution in [0.25, 0.3) is 0 Å². The van der Waals surface area contributed by atoms with Crippen LogP contribution < -0.4 is 10.6 Å². The molecule has 0 bridgehead atoms. The van der Waals surface area contributed by atoms with E-state index in [0.29, 0.717) is 16.8 Å². The van der Waals surface area contributed by atoms with Gasteiger partial charge in [0.15, 0.2) is 0 Å². The summed E-state index contributed by atoms with van der Waals surface area (Å²) in [7, 11) is 0. The zero-order valence-electron chi connectivity index (χ0n) is 11.0. The normalized spacial score (nSPS) is 29.6. The summed E-state index contributed by atoms with van der Waals surface area (Å²) in [5.74, 6) is 1.94. The van der Waals surface area contributed by atoms with E-state index in [9.17, 15) is 5.11 Å². The Morgan fingerprint density at radius 3 is 2.89 bits per heavy atom. The molecule has 3 rings (SSSR count). The maximum Gasteiger partial charge on any atom is 0.129 e. The van der Waals surface area contributed by atoms with E-state index < -0.39 is 0 Å². The second-order valence-corrected chi connectivity index (χ2v) is 6.13. The van der Waals surface area contributed by atoms with Crippen LogP contribution in [0.4, 0.5) is 5.82 Å². The van der Waals surface area contributed by atoms with Gasteiger partial charge in [0.2, 0.25) is 0 Å². The van der Waals surface area contributed by atoms with E-state index in [1.54, 1.807) is 0 Å². The van der Waals surface area contributed by atoms with E-state index in [0.717, 1.165) is 43.0 Å². The molecule has 1 aromatic heterocycles. The lowest BCUT2D eigenvalue weighted by atomic mass is 10.00. The third-order valence-electron chi connectivity index (χ3n) is 4.37. The fourth-order valence-corrected chi connectivity index (χ4v) is 3.50. The summed E-state index contributed by atoms with van der Waals surface area (Å²) >= 11 is 5.05. The number of aliphatic hydroxyl groups excluding tert-OH is 1. The number of rotatable bonds is 2. The number of aliphatic hydroxyl groups is 1. The van der Waals surface area contributed by atoms with Gasteiger partial charge in [0, 0.05) is 30.3 Å². The summed E-state index contributed by atoms with van der Waals surface area (Å²) in [5.41, 5.74) is 7.51. The fraction of sp³-hybridized carbons (Fsp3) is 0.571. The summed E-state index contributed by atoms with van der Waals surface area (Å²) < 4.78 is 0. The molecule has 3 atom stereocenters. The molecule has 2 heterocycles. The van der Waals surface area contributed by atoms with Gasteiger partial charge >= 0.3 is 0 Å². The average molecular weight is 277 g/mol. The van der Waals surface area contributed by atoms with Crippen LogP contribution in [0, 0.1) is 18.8 Å². The first-order valence-corrected chi connectivity index (χ1v) is 7.17. The van der Waals surface area contributed by atoms with Crippen LogP contribution in [-0.4, -0.2) is 34.3 Å². The summed E-state index contributed by atoms with van der Waals surface area (Å²) in [4.78, 5) is 7.24. The van der Waals surface area contributed by atoms with Crippen LogP contribution in [-0.2, 0) is 0 Å². The number of pyridine rings is 1. The molecule has 0 amide bonds. The number of aryl methyl sites for hydroxylation is 1. The van der Waals surface area contributed by atoms with Gasteiger partial charge in [0.25, 0.3) is 0 Å². The van der Waals surface area contributed by atoms with E-state index in [4.69, 9.17) is 18.0 Å². The van der Waals surface area contributed by atoms with Crippen molar-refractivity contribution in [3.8, 4) is 0 Å². The number of nitrogens with two attached hydrogens (primary N) is 1. The molecule has 2 aliphatic rings. The number of nitrogens with zero attached hydrogens (tertiary/aromatic N) is 2. The summed E-state index contributed by atoms with van der Waals surface area (Å²) in [6.45, 7) is 3.82. The molecule has 3 N–H and O–H groups in total. The van der Waals surface area contributed by atoms with Crippen LogP contribution in [0.15, 0.2) is 12.1 Å². The highest BCUT2D eigenvalue weighted by Crippen LogP contribution is 2.39. The first kappa shape index (κ1) is 12.8. The van der Waals surface area contributed by atoms with E-state index >= 15 is 0 Å². The molecule has 1 aliphatic carbocycles. The maximum atomic E-state index is 9.97. The van der Waals surface area contributed by atoms with Crippen LogP contribution in [0.2, 0.25) is 0 Å². The third kappa shape index (κ3) is 2.32. The summed E-state index contributed by atoms with van der Waals surface area (Å²) in [6.07, 6.45) is 1.92. The van der Waals surface area contributed by atoms with Gasteiger partial charge in [-0.05, 0) is 37.8 Å². The van der Waals surface area contributed by atoms with E-state index in [2.05, 4.69) is 9.88 Å². The highest BCUT2D eigenvalue weighted by Gasteiger charge is 2.42. The van der Waals surface area contributed by atoms with Gasteiger partial charge in [-0.15, -0.1) is 0 Å². The number of hydrogen-bond donors (Lipinski definition) is 2. The molecule has 1 saturated carbocycles. The molecule has 1 aromatic rings. The van der Waals surface area contributed by atoms with Crippen LogP contribution in [0.1, 0.15) is 24.1 Å². The number of anilines is 1. The van der Waals surface area contributed by atoms with Gasteiger partial charge in [-0.2, -0.15) is 0 Å². The topological polar surface area (TPSA) is 62.4 Å². The Labute approximate surface area is 118 Å². The molecule has 1 aliphatic heterocycles. The molecule has 102 valence electrons. The number of aromatic nitrogens is 1. The first-order valence-electron chi connectivity index (χ1n) is 6.76. The average Bonchev–Trinajstić information content (AvgIpc) is 2.91. The highest BCUT2D eigenvalue weighted by atomic mass is 32.1. The second kappa shape index (κ2) is 4.72. The van der Waals surface area contributed by atoms with Gasteiger partial charge in [-0.3, -0.25) is 0 Å². The van der Waals surface area contributed by atoms with E-state index in [-0.39, 0.29) is 6.10 Å². The molecule has 0 spiro atoms. The van der Waals surface area contributed by atoms with Crippen LogP contribution in [0.5, 0.6) is 0 Å². The zero-order chi connectivity index (χ0) is 13.6. The van der Waals surface area contributed by atoms with Crippen molar-refractivity contribution < 1.29 is 5.11 Å². The van der Waals surface area contributed by atoms with Gasteiger partial charge in [-0.1, -0.05) is 12.2 Å². The van der Waals surface area contributed by atoms with Crippen molar-refractivity contribution in [3.63, 3.8) is 0 Å². The molecule has 2 fully saturated rings. The summed E-state index contributed by atoms with van der Waals surface area (Å²) in [5, 5.41) is 9.97. The molecule has 0 radical (unpaired) electrons. The largest absolute Gasteiger partial charge is 0.393 e. The minimum Gasteiger partial charge on any atom is -0.393 e. The fourth-order valence-electron chi connectivity index (χ4n) is 3.38. The van der Waals surface area contributed by atoms with Crippen molar-refractivity contribution in [1.82, 2.24) is 4.98 Å². The van der Waals surface area contributed by atoms with Crippen molar-refractivity contribution in [2.75, 3.05) is 18.0 Å². The first-order chi connectivity index (χ1) is 9.04. The van der Waals surface area contributed by atoms with Gasteiger partial charge in [0.1, 0.15) is 10.8 Å². The van der Waals surface area contributed by atoms with Crippen molar-refractivity contribution in [3.05, 3.63) is 23.4 Å². The van der Waals surface area contributed by atoms with Gasteiger partial charge < -0.3 is 15.7 Å². The Hall–Kier alpha value is -1.20. The predicted octanol–water partition coefficient (Wildman–Crippen LogP) is 1.23. The van der Waals surface area contributed by atoms with Crippen molar-refractivity contribution in [2.45, 2.75) is 25.9 Å². The molecule has 3 unspecified atom stereocenters. The lowest BCUT2D eigenvalue weighted by molar-refractivity contribution is 0.133. The van der Waals surface area contributed by atoms with Gasteiger partial charge in [-0.25, -0.2) is 4.98 Å². The highest BCUT2D eigenvalue weighted by molar-refractivity contribution is 7.80. The Balaban J connectivity index is 1.86. The third-order valence-corrected chi connectivity index (χ3v) is 4.60. The molecule has 1 saturated heterocycles. The number of thiocarbonyl (C=S) groups is 1. The Kier molecular flexibility index (Phi) is 3.19. The molecule has 0 aromatic carbocycles. The minimum absolute atomic E-state index is 0.144. The lowest BCUT2D eigenvalue weighted by Gasteiger charge is -2.20. The zero-order valence-corrected chi connectivity index (χ0v) is 11.9.